The van der Waals surface area contributed by atoms with Crippen molar-refractivity contribution in [3.63, 3.8) is 0 Å². The molecule has 1 aromatic carbocycles. The van der Waals surface area contributed by atoms with Crippen LogP contribution in [-0.2, 0) is 26.1 Å². The largest absolute Gasteiger partial charge is 0.493 e. The maximum atomic E-state index is 11.7. The Labute approximate surface area is 103 Å². The van der Waals surface area contributed by atoms with Gasteiger partial charge in [-0.2, -0.15) is 0 Å². The van der Waals surface area contributed by atoms with E-state index in [0.29, 0.717) is 18.8 Å². The van der Waals surface area contributed by atoms with Crippen molar-refractivity contribution in [3.05, 3.63) is 23.8 Å². The standard InChI is InChI=1S/C10H11NO6S/c12-10(13)6-17-11-18(14,15)8-1-2-9-7(5-8)3-4-16-9/h1-2,5,11H,3-4,6H2,(H,12,13). The molecule has 98 valence electrons. The fraction of sp³-hybridized carbons (Fsp3) is 0.300. The molecule has 0 aromatic heterocycles. The Morgan fingerprint density at radius 3 is 3.00 bits per heavy atom. The molecule has 0 saturated carbocycles. The van der Waals surface area contributed by atoms with Gasteiger partial charge < -0.3 is 9.84 Å². The van der Waals surface area contributed by atoms with Gasteiger partial charge in [-0.05, 0) is 23.8 Å². The first-order chi connectivity index (χ1) is 8.49. The Hall–Kier alpha value is -1.64. The summed E-state index contributed by atoms with van der Waals surface area (Å²) in [7, 11) is -3.87. The molecule has 0 aliphatic carbocycles. The van der Waals surface area contributed by atoms with Crippen molar-refractivity contribution in [3.8, 4) is 5.75 Å². The first kappa shape index (κ1) is 12.8. The molecule has 1 aliphatic heterocycles. The Bertz CT molecular complexity index is 568. The first-order valence-electron chi connectivity index (χ1n) is 5.10. The fourth-order valence-electron chi connectivity index (χ4n) is 1.55. The van der Waals surface area contributed by atoms with Gasteiger partial charge in [0, 0.05) is 6.42 Å². The summed E-state index contributed by atoms with van der Waals surface area (Å²) in [4.78, 5) is 16.3. The molecule has 18 heavy (non-hydrogen) atoms. The van der Waals surface area contributed by atoms with E-state index in [1.807, 2.05) is 0 Å². The summed E-state index contributed by atoms with van der Waals surface area (Å²) >= 11 is 0. The number of nitrogens with one attached hydrogen (secondary N) is 1. The van der Waals surface area contributed by atoms with E-state index in [1.165, 1.54) is 12.1 Å². The molecule has 0 atom stereocenters. The Morgan fingerprint density at radius 2 is 2.28 bits per heavy atom. The minimum absolute atomic E-state index is 0.0112. The fourth-order valence-corrected chi connectivity index (χ4v) is 2.40. The van der Waals surface area contributed by atoms with Crippen LogP contribution in [0.25, 0.3) is 0 Å². The molecule has 1 heterocycles. The van der Waals surface area contributed by atoms with Gasteiger partial charge in [0.2, 0.25) is 0 Å². The summed E-state index contributed by atoms with van der Waals surface area (Å²) in [5.41, 5.74) is 0.802. The highest BCUT2D eigenvalue weighted by molar-refractivity contribution is 7.89. The number of ether oxygens (including phenoxy) is 1. The average molecular weight is 273 g/mol. The molecule has 0 radical (unpaired) electrons. The number of hydrogen-bond donors (Lipinski definition) is 2. The van der Waals surface area contributed by atoms with Crippen LogP contribution in [-0.4, -0.2) is 32.7 Å². The summed E-state index contributed by atoms with van der Waals surface area (Å²) in [5, 5.41) is 8.33. The average Bonchev–Trinajstić information content (AvgIpc) is 2.74. The third-order valence-corrected chi connectivity index (χ3v) is 3.55. The van der Waals surface area contributed by atoms with E-state index in [4.69, 9.17) is 9.84 Å². The monoisotopic (exact) mass is 273 g/mol. The van der Waals surface area contributed by atoms with Gasteiger partial charge in [0.1, 0.15) is 5.75 Å². The predicted molar refractivity (Wildman–Crippen MR) is 59.6 cm³/mol. The Kier molecular flexibility index (Phi) is 3.50. The highest BCUT2D eigenvalue weighted by Gasteiger charge is 2.19. The van der Waals surface area contributed by atoms with Crippen LogP contribution in [0.3, 0.4) is 0 Å². The lowest BCUT2D eigenvalue weighted by atomic mass is 10.2. The van der Waals surface area contributed by atoms with E-state index in [-0.39, 0.29) is 4.90 Å². The second kappa shape index (κ2) is 4.92. The second-order valence-corrected chi connectivity index (χ2v) is 5.28. The molecule has 0 bridgehead atoms. The number of rotatable bonds is 5. The maximum absolute atomic E-state index is 11.7. The van der Waals surface area contributed by atoms with Gasteiger partial charge in [-0.3, -0.25) is 4.84 Å². The van der Waals surface area contributed by atoms with Crippen LogP contribution >= 0.6 is 0 Å². The van der Waals surface area contributed by atoms with Gasteiger partial charge in [-0.1, -0.05) is 4.89 Å². The summed E-state index contributed by atoms with van der Waals surface area (Å²) < 4.78 is 28.7. The van der Waals surface area contributed by atoms with Crippen molar-refractivity contribution < 1.29 is 27.9 Å². The molecular formula is C10H11NO6S. The van der Waals surface area contributed by atoms with Crippen LogP contribution in [0, 0.1) is 0 Å². The number of benzene rings is 1. The molecule has 1 aromatic rings. The number of aliphatic carboxylic acids is 1. The third kappa shape index (κ3) is 2.78. The van der Waals surface area contributed by atoms with Gasteiger partial charge in [-0.15, -0.1) is 0 Å². The van der Waals surface area contributed by atoms with Gasteiger partial charge in [-0.25, -0.2) is 13.2 Å². The van der Waals surface area contributed by atoms with Crippen molar-refractivity contribution in [2.75, 3.05) is 13.2 Å². The molecule has 7 nitrogen and oxygen atoms in total. The van der Waals surface area contributed by atoms with E-state index in [9.17, 15) is 13.2 Å². The van der Waals surface area contributed by atoms with Crippen LogP contribution < -0.4 is 9.62 Å². The quantitative estimate of drug-likeness (QED) is 0.727. The number of carboxylic acids is 1. The molecule has 1 aliphatic rings. The predicted octanol–water partition coefficient (Wildman–Crippen LogP) is -0.0840. The zero-order valence-corrected chi connectivity index (χ0v) is 10.1. The van der Waals surface area contributed by atoms with E-state index < -0.39 is 22.6 Å². The zero-order valence-electron chi connectivity index (χ0n) is 9.25. The van der Waals surface area contributed by atoms with Crippen LogP contribution in [0.15, 0.2) is 23.1 Å². The third-order valence-electron chi connectivity index (χ3n) is 2.34. The van der Waals surface area contributed by atoms with Crippen molar-refractivity contribution >= 4 is 16.0 Å². The maximum Gasteiger partial charge on any atom is 0.331 e. The SMILES string of the molecule is O=C(O)CONS(=O)(=O)c1ccc2c(c1)CCO2. The molecule has 0 spiro atoms. The number of sulfonamides is 1. The van der Waals surface area contributed by atoms with Crippen LogP contribution in [0.4, 0.5) is 0 Å². The molecule has 0 amide bonds. The van der Waals surface area contributed by atoms with Gasteiger partial charge in [0.25, 0.3) is 10.0 Å². The first-order valence-corrected chi connectivity index (χ1v) is 6.58. The topological polar surface area (TPSA) is 102 Å². The zero-order chi connectivity index (χ0) is 13.2. The van der Waals surface area contributed by atoms with Crippen LogP contribution in [0.2, 0.25) is 0 Å². The lowest BCUT2D eigenvalue weighted by Gasteiger charge is -2.07. The number of fused-ring (bicyclic) bond motifs is 1. The lowest BCUT2D eigenvalue weighted by molar-refractivity contribution is -0.143. The minimum Gasteiger partial charge on any atom is -0.493 e. The van der Waals surface area contributed by atoms with Crippen molar-refractivity contribution in [1.82, 2.24) is 4.89 Å². The van der Waals surface area contributed by atoms with Crippen molar-refractivity contribution in [1.29, 1.82) is 0 Å². The molecule has 0 unspecified atom stereocenters. The minimum atomic E-state index is -3.87. The molecule has 2 N–H and O–H groups in total. The molecule has 8 heteroatoms. The summed E-state index contributed by atoms with van der Waals surface area (Å²) in [5.74, 6) is -0.597. The van der Waals surface area contributed by atoms with Crippen molar-refractivity contribution in [2.24, 2.45) is 0 Å². The van der Waals surface area contributed by atoms with E-state index >= 15 is 0 Å². The smallest absolute Gasteiger partial charge is 0.331 e. The molecule has 0 fully saturated rings. The number of carbonyl (C=O) groups is 1. The van der Waals surface area contributed by atoms with E-state index in [2.05, 4.69) is 4.84 Å². The molecular weight excluding hydrogens is 262 g/mol. The molecule has 2 rings (SSSR count). The lowest BCUT2D eigenvalue weighted by Crippen LogP contribution is -2.26. The van der Waals surface area contributed by atoms with Crippen LogP contribution in [0.5, 0.6) is 5.75 Å². The highest BCUT2D eigenvalue weighted by atomic mass is 32.2. The normalized spacial score (nSPS) is 14.0. The summed E-state index contributed by atoms with van der Waals surface area (Å²) in [6, 6.07) is 4.42. The van der Waals surface area contributed by atoms with Gasteiger partial charge in [0.15, 0.2) is 6.61 Å². The highest BCUT2D eigenvalue weighted by Crippen LogP contribution is 2.27. The number of carboxylic acid groups (broad SMARTS) is 1. The van der Waals surface area contributed by atoms with Crippen molar-refractivity contribution in [2.45, 2.75) is 11.3 Å². The van der Waals surface area contributed by atoms with Gasteiger partial charge in [0.05, 0.1) is 11.5 Å². The Morgan fingerprint density at radius 1 is 1.50 bits per heavy atom. The van der Waals surface area contributed by atoms with Crippen LogP contribution in [0.1, 0.15) is 5.56 Å². The van der Waals surface area contributed by atoms with E-state index in [0.717, 1.165) is 5.56 Å². The summed E-state index contributed by atoms with van der Waals surface area (Å²) in [6.07, 6.45) is 0.647. The van der Waals surface area contributed by atoms with Gasteiger partial charge >= 0.3 is 5.97 Å². The van der Waals surface area contributed by atoms with E-state index in [1.54, 1.807) is 11.0 Å². The number of hydrogen-bond acceptors (Lipinski definition) is 5. The Balaban J connectivity index is 2.12. The molecule has 0 saturated heterocycles. The summed E-state index contributed by atoms with van der Waals surface area (Å²) in [6.45, 7) is -0.213. The second-order valence-electron chi connectivity index (χ2n) is 3.64.